The number of carbonyl (C=O) groups excluding carboxylic acids is 2. The Balaban J connectivity index is 1.42. The van der Waals surface area contributed by atoms with Crippen molar-refractivity contribution in [2.24, 2.45) is 16.7 Å². The van der Waals surface area contributed by atoms with Gasteiger partial charge in [-0.2, -0.15) is 0 Å². The number of aliphatic hydroxyl groups excluding tert-OH is 1. The molecule has 0 spiro atoms. The van der Waals surface area contributed by atoms with Crippen molar-refractivity contribution in [1.82, 2.24) is 0 Å². The molecule has 0 radical (unpaired) electrons. The first-order valence-corrected chi connectivity index (χ1v) is 18.0. The van der Waals surface area contributed by atoms with Crippen molar-refractivity contribution in [3.05, 3.63) is 70.9 Å². The molecule has 268 valence electrons. The SMILES string of the molecule is CC(=O)O[C@H]1CC(C)(C)C(=CC/C(C)=C/C=C/C(C)=C/CC/C=C(C)/C=C\CC(C)C(=O)C[C@@]23O[C@]2(C)C[C@@H](O)CC3(C)C)[C@](C)(O)C1. The molecule has 6 nitrogen and oxygen atoms in total. The predicted octanol–water partition coefficient (Wildman–Crippen LogP) is 9.23. The molecule has 1 unspecified atom stereocenters. The molecule has 1 saturated heterocycles. The third-order valence-corrected chi connectivity index (χ3v) is 11.0. The molecule has 2 N–H and O–H groups in total. The van der Waals surface area contributed by atoms with Crippen LogP contribution in [-0.2, 0) is 19.1 Å². The molecule has 48 heavy (non-hydrogen) atoms. The molecule has 0 aromatic rings. The predicted molar refractivity (Wildman–Crippen MR) is 195 cm³/mol. The molecule has 3 rings (SSSR count). The molecular formula is C42H64O6. The normalized spacial score (nSPS) is 33.6. The number of unbranched alkanes of at least 4 members (excludes halogenated alkanes) is 1. The number of ether oxygens (including phenoxy) is 2. The second kappa shape index (κ2) is 15.6. The van der Waals surface area contributed by atoms with Crippen LogP contribution in [-0.4, -0.2) is 51.0 Å². The number of allylic oxidation sites excluding steroid dienone is 11. The van der Waals surface area contributed by atoms with Crippen molar-refractivity contribution in [3.8, 4) is 0 Å². The largest absolute Gasteiger partial charge is 0.462 e. The van der Waals surface area contributed by atoms with E-state index < -0.39 is 16.8 Å². The summed E-state index contributed by atoms with van der Waals surface area (Å²) in [6.45, 7) is 22.1. The zero-order valence-corrected chi connectivity index (χ0v) is 31.7. The van der Waals surface area contributed by atoms with Gasteiger partial charge in [-0.1, -0.05) is 99.9 Å². The van der Waals surface area contributed by atoms with Crippen LogP contribution in [0.3, 0.4) is 0 Å². The van der Waals surface area contributed by atoms with E-state index >= 15 is 0 Å². The Labute approximate surface area is 291 Å². The zero-order chi connectivity index (χ0) is 36.1. The molecule has 1 heterocycles. The van der Waals surface area contributed by atoms with E-state index in [0.29, 0.717) is 38.5 Å². The highest BCUT2D eigenvalue weighted by Gasteiger charge is 2.76. The van der Waals surface area contributed by atoms with Gasteiger partial charge in [0, 0.05) is 32.1 Å². The summed E-state index contributed by atoms with van der Waals surface area (Å²) < 4.78 is 11.7. The van der Waals surface area contributed by atoms with Gasteiger partial charge in [0.2, 0.25) is 0 Å². The second-order valence-corrected chi connectivity index (χ2v) is 16.8. The van der Waals surface area contributed by atoms with Gasteiger partial charge in [0.25, 0.3) is 0 Å². The monoisotopic (exact) mass is 664 g/mol. The standard InChI is InChI=1S/C42H64O6/c1-29(18-14-19-31(3)22-23-37-38(6,7)26-35(47-33(5)43)27-40(37,10)46)16-12-13-17-30(2)20-15-21-32(4)36(45)28-42-39(8,9)24-34(44)25-41(42,11)48-42/h14-20,23,32,34-35,44,46H,12-13,21-22,24-28H2,1-11H3/b18-14+,20-15-,29-16+,30-17+,31-19+,37-23?/t32?,34-,35-,40+,41+,42-/m0/s1. The fourth-order valence-electron chi connectivity index (χ4n) is 8.47. The van der Waals surface area contributed by atoms with E-state index in [9.17, 15) is 19.8 Å². The van der Waals surface area contributed by atoms with Crippen molar-refractivity contribution >= 4 is 11.8 Å². The van der Waals surface area contributed by atoms with Gasteiger partial charge in [-0.15, -0.1) is 0 Å². The Hall–Kier alpha value is -2.54. The van der Waals surface area contributed by atoms with Gasteiger partial charge < -0.3 is 19.7 Å². The van der Waals surface area contributed by atoms with Crippen molar-refractivity contribution in [2.45, 2.75) is 163 Å². The minimum Gasteiger partial charge on any atom is -0.462 e. The lowest BCUT2D eigenvalue weighted by molar-refractivity contribution is -0.152. The maximum atomic E-state index is 13.2. The Kier molecular flexibility index (Phi) is 12.9. The third-order valence-electron chi connectivity index (χ3n) is 11.0. The van der Waals surface area contributed by atoms with Crippen molar-refractivity contribution in [3.63, 3.8) is 0 Å². The first kappa shape index (κ1) is 39.9. The zero-order valence-electron chi connectivity index (χ0n) is 31.7. The molecule has 0 bridgehead atoms. The van der Waals surface area contributed by atoms with Gasteiger partial charge in [0.05, 0.1) is 17.3 Å². The van der Waals surface area contributed by atoms with Gasteiger partial charge in [-0.3, -0.25) is 9.59 Å². The highest BCUT2D eigenvalue weighted by molar-refractivity contribution is 5.82. The molecule has 3 aliphatic rings. The van der Waals surface area contributed by atoms with Crippen LogP contribution in [0.2, 0.25) is 0 Å². The van der Waals surface area contributed by atoms with Crippen molar-refractivity contribution in [1.29, 1.82) is 0 Å². The number of rotatable bonds is 14. The second-order valence-electron chi connectivity index (χ2n) is 16.8. The third kappa shape index (κ3) is 10.0. The maximum absolute atomic E-state index is 13.2. The average molecular weight is 665 g/mol. The van der Waals surface area contributed by atoms with E-state index in [2.05, 4.69) is 97.1 Å². The van der Waals surface area contributed by atoms with E-state index in [1.807, 2.05) is 20.8 Å². The maximum Gasteiger partial charge on any atom is 0.302 e. The van der Waals surface area contributed by atoms with Crippen LogP contribution in [0.1, 0.15) is 134 Å². The first-order valence-electron chi connectivity index (χ1n) is 18.0. The molecular weight excluding hydrogens is 600 g/mol. The average Bonchev–Trinajstić information content (AvgIpc) is 3.53. The number of carbonyl (C=O) groups is 2. The number of Topliss-reactive ketones (excluding diaryl/α,β-unsaturated/α-hetero) is 1. The summed E-state index contributed by atoms with van der Waals surface area (Å²) >= 11 is 0. The molecule has 0 amide bonds. The van der Waals surface area contributed by atoms with Crippen LogP contribution in [0.5, 0.6) is 0 Å². The van der Waals surface area contributed by atoms with Crippen molar-refractivity contribution in [2.75, 3.05) is 0 Å². The number of aliphatic hydroxyl groups is 2. The molecule has 0 aromatic heterocycles. The minimum atomic E-state index is -1.01. The van der Waals surface area contributed by atoms with Crippen LogP contribution in [0, 0.1) is 16.7 Å². The first-order chi connectivity index (χ1) is 22.1. The highest BCUT2D eigenvalue weighted by atomic mass is 16.6. The summed E-state index contributed by atoms with van der Waals surface area (Å²) in [5.41, 5.74) is 2.28. The van der Waals surface area contributed by atoms with Gasteiger partial charge >= 0.3 is 5.97 Å². The minimum absolute atomic E-state index is 0.0679. The van der Waals surface area contributed by atoms with Crippen molar-refractivity contribution < 1.29 is 29.3 Å². The van der Waals surface area contributed by atoms with Gasteiger partial charge in [-0.05, 0) is 89.5 Å². The highest BCUT2D eigenvalue weighted by Crippen LogP contribution is 2.67. The lowest BCUT2D eigenvalue weighted by atomic mass is 9.61. The van der Waals surface area contributed by atoms with E-state index in [1.165, 1.54) is 23.6 Å². The molecule has 6 heteroatoms. The molecule has 2 aliphatic carbocycles. The smallest absolute Gasteiger partial charge is 0.302 e. The van der Waals surface area contributed by atoms with Crippen LogP contribution in [0.4, 0.5) is 0 Å². The summed E-state index contributed by atoms with van der Waals surface area (Å²) in [6.07, 6.45) is 22.7. The number of esters is 1. The molecule has 2 saturated carbocycles. The summed E-state index contributed by atoms with van der Waals surface area (Å²) in [5, 5.41) is 21.5. The van der Waals surface area contributed by atoms with Gasteiger partial charge in [-0.25, -0.2) is 0 Å². The van der Waals surface area contributed by atoms with Gasteiger partial charge in [0.15, 0.2) is 0 Å². The molecule has 6 atom stereocenters. The van der Waals surface area contributed by atoms with Crippen LogP contribution >= 0.6 is 0 Å². The van der Waals surface area contributed by atoms with Crippen LogP contribution < -0.4 is 0 Å². The van der Waals surface area contributed by atoms with Crippen LogP contribution in [0.15, 0.2) is 70.9 Å². The summed E-state index contributed by atoms with van der Waals surface area (Å²) in [6, 6.07) is 0. The van der Waals surface area contributed by atoms with E-state index in [4.69, 9.17) is 9.47 Å². The lowest BCUT2D eigenvalue weighted by Crippen LogP contribution is -2.48. The quantitative estimate of drug-likeness (QED) is 0.0632. The summed E-state index contributed by atoms with van der Waals surface area (Å²) in [5.74, 6) is -0.132. The Morgan fingerprint density at radius 2 is 1.56 bits per heavy atom. The lowest BCUT2D eigenvalue weighted by Gasteiger charge is -2.46. The number of epoxide rings is 1. The fraction of sp³-hybridized carbons (Fsp3) is 0.667. The topological polar surface area (TPSA) is 96.4 Å². The Morgan fingerprint density at radius 1 is 0.938 bits per heavy atom. The Morgan fingerprint density at radius 3 is 2.15 bits per heavy atom. The molecule has 0 aromatic carbocycles. The molecule has 1 aliphatic heterocycles. The number of hydrogen-bond donors (Lipinski definition) is 2. The number of ketones is 1. The number of fused-ring (bicyclic) bond motifs is 1. The summed E-state index contributed by atoms with van der Waals surface area (Å²) in [4.78, 5) is 24.6. The van der Waals surface area contributed by atoms with E-state index in [0.717, 1.165) is 24.8 Å². The number of hydrogen-bond acceptors (Lipinski definition) is 6. The van der Waals surface area contributed by atoms with E-state index in [-0.39, 0.29) is 40.7 Å². The van der Waals surface area contributed by atoms with Gasteiger partial charge in [0.1, 0.15) is 17.5 Å². The fourth-order valence-corrected chi connectivity index (χ4v) is 8.47. The summed E-state index contributed by atoms with van der Waals surface area (Å²) in [7, 11) is 0. The van der Waals surface area contributed by atoms with Crippen LogP contribution in [0.25, 0.3) is 0 Å². The Bertz CT molecular complexity index is 1350. The van der Waals surface area contributed by atoms with E-state index in [1.54, 1.807) is 0 Å². The molecule has 3 fully saturated rings.